The number of hydrogen-bond donors (Lipinski definition) is 0. The van der Waals surface area contributed by atoms with Crippen LogP contribution in [0.25, 0.3) is 57.7 Å². The number of anilines is 6. The van der Waals surface area contributed by atoms with Crippen LogP contribution in [0.5, 0.6) is 0 Å². The summed E-state index contributed by atoms with van der Waals surface area (Å²) in [6.45, 7) is 13.7. The maximum atomic E-state index is 14.1. The van der Waals surface area contributed by atoms with E-state index in [0.29, 0.717) is 0 Å². The second-order valence-electron chi connectivity index (χ2n) is 22.8. The molecule has 2 nitrogen and oxygen atoms in total. The normalized spacial score (nSPS) is 14.7. The van der Waals surface area contributed by atoms with Crippen molar-refractivity contribution in [2.24, 2.45) is 0 Å². The van der Waals surface area contributed by atoms with Gasteiger partial charge in [-0.3, -0.25) is 0 Å². The molecule has 10 aromatic rings. The van der Waals surface area contributed by atoms with E-state index in [0.717, 1.165) is 56.4 Å². The molecule has 79 heavy (non-hydrogen) atoms. The predicted molar refractivity (Wildman–Crippen MR) is 319 cm³/mol. The Morgan fingerprint density at radius 3 is 0.658 bits per heavy atom. The third-order valence-electron chi connectivity index (χ3n) is 16.9. The van der Waals surface area contributed by atoms with Crippen LogP contribution in [-0.2, 0) is 16.2 Å². The smallest absolute Gasteiger partial charge is 0.123 e. The average Bonchev–Trinajstić information content (AvgIpc) is 4.10. The quantitative estimate of drug-likeness (QED) is 0.0995. The molecule has 13 rings (SSSR count). The lowest BCUT2D eigenvalue weighted by atomic mass is 9.81. The van der Waals surface area contributed by atoms with Crippen molar-refractivity contribution < 1.29 is 17.6 Å². The van der Waals surface area contributed by atoms with E-state index in [1.807, 2.05) is 9.80 Å². The van der Waals surface area contributed by atoms with Crippen molar-refractivity contribution in [1.82, 2.24) is 0 Å². The molecule has 3 aliphatic rings. The molecule has 0 saturated carbocycles. The van der Waals surface area contributed by atoms with Gasteiger partial charge in [-0.2, -0.15) is 0 Å². The van der Waals surface area contributed by atoms with E-state index in [2.05, 4.69) is 175 Å². The first kappa shape index (κ1) is 49.6. The third kappa shape index (κ3) is 8.49. The topological polar surface area (TPSA) is 6.48 Å². The summed E-state index contributed by atoms with van der Waals surface area (Å²) in [4.78, 5) is 4.08. The Bertz CT molecular complexity index is 3770. The van der Waals surface area contributed by atoms with Crippen LogP contribution < -0.4 is 9.80 Å². The van der Waals surface area contributed by atoms with Crippen molar-refractivity contribution in [3.63, 3.8) is 0 Å². The van der Waals surface area contributed by atoms with Gasteiger partial charge >= 0.3 is 0 Å². The van der Waals surface area contributed by atoms with Gasteiger partial charge in [-0.1, -0.05) is 151 Å². The summed E-state index contributed by atoms with van der Waals surface area (Å²) in [5.74, 6) is -1.25. The second kappa shape index (κ2) is 18.6. The van der Waals surface area contributed by atoms with Crippen LogP contribution in [-0.4, -0.2) is 0 Å². The molecule has 10 aromatic carbocycles. The molecule has 386 valence electrons. The molecule has 0 unspecified atom stereocenters. The van der Waals surface area contributed by atoms with Gasteiger partial charge < -0.3 is 9.80 Å². The largest absolute Gasteiger partial charge is 0.310 e. The molecule has 6 heteroatoms. The number of rotatable bonds is 10. The standard InChI is InChI=1S/C73H56F4N2/c1-71(2)65-39-45(7-9-47-13-35-61-63-37-31-57(43-69(63)72(3,4)67(61)41-47)78(53-23-15-49(74)16-24-53)54-25-17-50(75)18-26-54)11-33-59(65)60-34-12-46(40-66(60)71)8-10-48-14-36-62-64-38-32-58(44-70(64)73(5,6)68(62)42-48)79(55-27-19-51(76)20-28-55)56-29-21-52(77)22-30-56/h7-44H,1-6H3/b9-7+,10-8+. The Morgan fingerprint density at radius 2 is 0.430 bits per heavy atom. The Kier molecular flexibility index (Phi) is 11.7. The molecular formula is C73H56F4N2. The fraction of sp³-hybridized carbons (Fsp3) is 0.123. The molecule has 0 aromatic heterocycles. The number of halogens is 4. The van der Waals surface area contributed by atoms with Crippen molar-refractivity contribution in [2.45, 2.75) is 57.8 Å². The van der Waals surface area contributed by atoms with Crippen molar-refractivity contribution in [3.8, 4) is 33.4 Å². The molecular weight excluding hydrogens is 981 g/mol. The first-order chi connectivity index (χ1) is 38.0. The van der Waals surface area contributed by atoms with Gasteiger partial charge in [0, 0.05) is 50.4 Å². The summed E-state index contributed by atoms with van der Waals surface area (Å²) in [5, 5.41) is 0. The van der Waals surface area contributed by atoms with Crippen molar-refractivity contribution in [1.29, 1.82) is 0 Å². The minimum atomic E-state index is -0.313. The van der Waals surface area contributed by atoms with E-state index in [1.165, 1.54) is 115 Å². The van der Waals surface area contributed by atoms with Crippen LogP contribution in [0.15, 0.2) is 206 Å². The van der Waals surface area contributed by atoms with Gasteiger partial charge in [0.15, 0.2) is 0 Å². The highest BCUT2D eigenvalue weighted by atomic mass is 19.1. The summed E-state index contributed by atoms with van der Waals surface area (Å²) >= 11 is 0. The van der Waals surface area contributed by atoms with Gasteiger partial charge in [0.05, 0.1) is 0 Å². The van der Waals surface area contributed by atoms with Crippen LogP contribution in [0, 0.1) is 23.3 Å². The first-order valence-corrected chi connectivity index (χ1v) is 26.9. The fourth-order valence-electron chi connectivity index (χ4n) is 12.6. The van der Waals surface area contributed by atoms with Crippen LogP contribution >= 0.6 is 0 Å². The van der Waals surface area contributed by atoms with E-state index in [1.54, 1.807) is 48.5 Å². The molecule has 0 saturated heterocycles. The van der Waals surface area contributed by atoms with E-state index in [4.69, 9.17) is 0 Å². The van der Waals surface area contributed by atoms with Gasteiger partial charge in [-0.25, -0.2) is 17.6 Å². The van der Waals surface area contributed by atoms with Crippen LogP contribution in [0.1, 0.15) is 97.2 Å². The maximum absolute atomic E-state index is 14.1. The zero-order valence-corrected chi connectivity index (χ0v) is 44.8. The number of benzene rings is 10. The summed E-state index contributed by atoms with van der Waals surface area (Å²) in [7, 11) is 0. The van der Waals surface area contributed by atoms with Gasteiger partial charge in [0.1, 0.15) is 23.3 Å². The number of nitrogens with zero attached hydrogens (tertiary/aromatic N) is 2. The highest BCUT2D eigenvalue weighted by Gasteiger charge is 2.39. The minimum absolute atomic E-state index is 0.214. The van der Waals surface area contributed by atoms with E-state index in [-0.39, 0.29) is 39.5 Å². The zero-order valence-electron chi connectivity index (χ0n) is 44.8. The van der Waals surface area contributed by atoms with Crippen molar-refractivity contribution in [3.05, 3.63) is 285 Å². The molecule has 0 aliphatic heterocycles. The summed E-state index contributed by atoms with van der Waals surface area (Å²) < 4.78 is 56.4. The SMILES string of the molecule is CC1(C)c2cc(/C=C/c3ccc4c(c3)C(C)(C)c3cc(N(c5ccc(F)cc5)c5ccc(F)cc5)ccc3-4)ccc2-c2ccc(/C=C/c3ccc4c(c3)C(C)(C)c3cc(N(c5ccc(F)cc5)c5ccc(F)cc5)ccc3-4)cc21. The zero-order chi connectivity index (χ0) is 54.5. The lowest BCUT2D eigenvalue weighted by Crippen LogP contribution is -2.16. The predicted octanol–water partition coefficient (Wildman–Crippen LogP) is 20.4. The third-order valence-corrected chi connectivity index (χ3v) is 16.9. The van der Waals surface area contributed by atoms with Gasteiger partial charge in [-0.05, 0) is 210 Å². The molecule has 0 atom stereocenters. The lowest BCUT2D eigenvalue weighted by Gasteiger charge is -2.28. The van der Waals surface area contributed by atoms with Gasteiger partial charge in [0.25, 0.3) is 0 Å². The Hall–Kier alpha value is -9.00. The molecule has 0 N–H and O–H groups in total. The molecule has 0 radical (unpaired) electrons. The van der Waals surface area contributed by atoms with Crippen molar-refractivity contribution in [2.75, 3.05) is 9.80 Å². The number of hydrogen-bond acceptors (Lipinski definition) is 2. The molecule has 0 bridgehead atoms. The molecule has 3 aliphatic carbocycles. The van der Waals surface area contributed by atoms with Crippen LogP contribution in [0.4, 0.5) is 51.7 Å². The Balaban J connectivity index is 0.729. The first-order valence-electron chi connectivity index (χ1n) is 26.9. The summed E-state index contributed by atoms with van der Waals surface area (Å²) in [6.07, 6.45) is 8.87. The maximum Gasteiger partial charge on any atom is 0.123 e. The fourth-order valence-corrected chi connectivity index (χ4v) is 12.6. The molecule has 0 amide bonds. The van der Waals surface area contributed by atoms with E-state index < -0.39 is 0 Å². The highest BCUT2D eigenvalue weighted by Crippen LogP contribution is 2.54. The summed E-state index contributed by atoms with van der Waals surface area (Å²) in [5.41, 5.74) is 23.5. The second-order valence-corrected chi connectivity index (χ2v) is 22.8. The molecule has 0 spiro atoms. The average molecular weight is 1040 g/mol. The number of fused-ring (bicyclic) bond motifs is 9. The van der Waals surface area contributed by atoms with Gasteiger partial charge in [0.2, 0.25) is 0 Å². The van der Waals surface area contributed by atoms with E-state index >= 15 is 0 Å². The monoisotopic (exact) mass is 1040 g/mol. The van der Waals surface area contributed by atoms with Crippen LogP contribution in [0.3, 0.4) is 0 Å². The molecule has 0 fully saturated rings. The summed E-state index contributed by atoms with van der Waals surface area (Å²) in [6, 6.07) is 65.8. The van der Waals surface area contributed by atoms with E-state index in [9.17, 15) is 17.6 Å². The molecule has 0 heterocycles. The van der Waals surface area contributed by atoms with Crippen molar-refractivity contribution >= 4 is 58.4 Å². The lowest BCUT2D eigenvalue weighted by molar-refractivity contribution is 0.627. The Morgan fingerprint density at radius 1 is 0.241 bits per heavy atom. The minimum Gasteiger partial charge on any atom is -0.310 e. The van der Waals surface area contributed by atoms with Gasteiger partial charge in [-0.15, -0.1) is 0 Å². The van der Waals surface area contributed by atoms with Crippen LogP contribution in [0.2, 0.25) is 0 Å². The Labute approximate surface area is 459 Å². The highest BCUT2D eigenvalue weighted by molar-refractivity contribution is 5.90.